The molecule has 0 aliphatic carbocycles. The second-order valence-corrected chi connectivity index (χ2v) is 5.63. The van der Waals surface area contributed by atoms with E-state index in [0.717, 1.165) is 17.8 Å². The molecule has 4 rings (SSSR count). The summed E-state index contributed by atoms with van der Waals surface area (Å²) < 4.78 is 0. The van der Waals surface area contributed by atoms with E-state index >= 15 is 0 Å². The fraction of sp³-hybridized carbons (Fsp3) is 0.400. The highest BCUT2D eigenvalue weighted by molar-refractivity contribution is 5.66. The molecule has 5 heteroatoms. The summed E-state index contributed by atoms with van der Waals surface area (Å²) in [6.45, 7) is 6.68. The Balaban J connectivity index is 2.08. The molecule has 1 atom stereocenters. The molecule has 0 fully saturated rings. The molecule has 1 aromatic heterocycles. The van der Waals surface area contributed by atoms with E-state index in [-0.39, 0.29) is 0 Å². The van der Waals surface area contributed by atoms with Gasteiger partial charge in [-0.15, -0.1) is 0 Å². The summed E-state index contributed by atoms with van der Waals surface area (Å²) in [5, 5.41) is 3.19. The van der Waals surface area contributed by atoms with Gasteiger partial charge in [0.1, 0.15) is 6.33 Å². The van der Waals surface area contributed by atoms with E-state index in [4.69, 9.17) is 0 Å². The van der Waals surface area contributed by atoms with Crippen molar-refractivity contribution in [3.8, 4) is 0 Å². The van der Waals surface area contributed by atoms with Crippen LogP contribution in [-0.2, 0) is 0 Å². The summed E-state index contributed by atoms with van der Waals surface area (Å²) in [5.41, 5.74) is 2.10. The first-order chi connectivity index (χ1) is 9.63. The van der Waals surface area contributed by atoms with E-state index < -0.39 is 0 Å². The fourth-order valence-electron chi connectivity index (χ4n) is 2.65. The van der Waals surface area contributed by atoms with Gasteiger partial charge < -0.3 is 10.2 Å². The molecule has 1 N–H and O–H groups in total. The molecule has 104 valence electrons. The van der Waals surface area contributed by atoms with Crippen molar-refractivity contribution >= 4 is 23.3 Å². The van der Waals surface area contributed by atoms with Crippen LogP contribution in [0.2, 0.25) is 0 Å². The summed E-state index contributed by atoms with van der Waals surface area (Å²) in [6.07, 6.45) is 2.64. The normalized spacial score (nSPS) is 14.5. The zero-order chi connectivity index (χ0) is 14.1. The van der Waals surface area contributed by atoms with Crippen molar-refractivity contribution in [2.24, 2.45) is 5.92 Å². The Morgan fingerprint density at radius 1 is 1.10 bits per heavy atom. The number of hydrogen-bond acceptors (Lipinski definition) is 5. The van der Waals surface area contributed by atoms with Crippen LogP contribution in [0.5, 0.6) is 0 Å². The first-order valence-corrected chi connectivity index (χ1v) is 6.99. The van der Waals surface area contributed by atoms with Crippen molar-refractivity contribution in [1.29, 1.82) is 0 Å². The summed E-state index contributed by atoms with van der Waals surface area (Å²) in [7, 11) is 0. The average molecular weight is 269 g/mol. The van der Waals surface area contributed by atoms with Crippen molar-refractivity contribution in [1.82, 2.24) is 15.0 Å². The predicted octanol–water partition coefficient (Wildman–Crippen LogP) is 3.50. The highest BCUT2D eigenvalue weighted by Gasteiger charge is 2.22. The van der Waals surface area contributed by atoms with Crippen molar-refractivity contribution in [2.75, 3.05) is 10.2 Å². The summed E-state index contributed by atoms with van der Waals surface area (Å²) in [5.74, 6) is 1.91. The van der Waals surface area contributed by atoms with E-state index in [2.05, 4.69) is 58.1 Å². The van der Waals surface area contributed by atoms with Gasteiger partial charge >= 0.3 is 0 Å². The van der Waals surface area contributed by atoms with E-state index in [0.29, 0.717) is 23.9 Å². The standard InChI is InChI=1S/C15H19N5/c1-10(2)8-11(3)20-13-6-4-12(5-7-13)18-14-16-9-17-15(20)19-14/h4-7,9-11H,8H2,1-3H3,(H,16,17,18,19). The lowest BCUT2D eigenvalue weighted by Crippen LogP contribution is -2.31. The predicted molar refractivity (Wildman–Crippen MR) is 80.6 cm³/mol. The van der Waals surface area contributed by atoms with E-state index in [1.54, 1.807) is 6.33 Å². The zero-order valence-electron chi connectivity index (χ0n) is 12.0. The molecule has 1 unspecified atom stereocenters. The molecule has 1 aromatic carbocycles. The number of hydrogen-bond donors (Lipinski definition) is 1. The molecule has 3 heterocycles. The molecule has 2 aliphatic rings. The van der Waals surface area contributed by atoms with Crippen LogP contribution in [0.25, 0.3) is 0 Å². The second-order valence-electron chi connectivity index (χ2n) is 5.63. The SMILES string of the molecule is CC(C)CC(C)N1c2ccc(cc2)Nc2ncnc1n2. The van der Waals surface area contributed by atoms with Crippen LogP contribution in [-0.4, -0.2) is 21.0 Å². The maximum Gasteiger partial charge on any atom is 0.234 e. The fourth-order valence-corrected chi connectivity index (χ4v) is 2.65. The largest absolute Gasteiger partial charge is 0.324 e. The van der Waals surface area contributed by atoms with Crippen molar-refractivity contribution in [2.45, 2.75) is 33.2 Å². The summed E-state index contributed by atoms with van der Waals surface area (Å²) in [4.78, 5) is 15.2. The Morgan fingerprint density at radius 2 is 1.85 bits per heavy atom. The lowest BCUT2D eigenvalue weighted by atomic mass is 10.0. The highest BCUT2D eigenvalue weighted by atomic mass is 15.3. The monoisotopic (exact) mass is 269 g/mol. The van der Waals surface area contributed by atoms with Gasteiger partial charge in [-0.3, -0.25) is 0 Å². The molecule has 0 spiro atoms. The number of rotatable bonds is 3. The molecule has 20 heavy (non-hydrogen) atoms. The minimum absolute atomic E-state index is 0.328. The van der Waals surface area contributed by atoms with Crippen LogP contribution in [0.4, 0.5) is 23.3 Å². The average Bonchev–Trinajstić information content (AvgIpc) is 2.47. The van der Waals surface area contributed by atoms with E-state index in [1.807, 2.05) is 12.1 Å². The van der Waals surface area contributed by atoms with E-state index in [1.165, 1.54) is 0 Å². The quantitative estimate of drug-likeness (QED) is 0.924. The van der Waals surface area contributed by atoms with Gasteiger partial charge in [-0.2, -0.15) is 4.98 Å². The first kappa shape index (κ1) is 12.8. The maximum atomic E-state index is 4.51. The van der Waals surface area contributed by atoms with Gasteiger partial charge in [-0.05, 0) is 43.5 Å². The molecule has 2 aliphatic heterocycles. The zero-order valence-corrected chi connectivity index (χ0v) is 12.0. The van der Waals surface area contributed by atoms with Crippen LogP contribution in [0.3, 0.4) is 0 Å². The van der Waals surface area contributed by atoms with Crippen LogP contribution in [0.15, 0.2) is 30.6 Å². The molecule has 0 amide bonds. The number of anilines is 4. The third-order valence-electron chi connectivity index (χ3n) is 3.43. The van der Waals surface area contributed by atoms with Crippen molar-refractivity contribution < 1.29 is 0 Å². The Morgan fingerprint density at radius 3 is 2.55 bits per heavy atom. The Hall–Kier alpha value is -2.17. The number of benzene rings is 1. The maximum absolute atomic E-state index is 4.51. The number of aromatic nitrogens is 3. The smallest absolute Gasteiger partial charge is 0.234 e. The molecular formula is C15H19N5. The van der Waals surface area contributed by atoms with Gasteiger partial charge in [0, 0.05) is 17.4 Å². The molecular weight excluding hydrogens is 250 g/mol. The highest BCUT2D eigenvalue weighted by Crippen LogP contribution is 2.31. The van der Waals surface area contributed by atoms with Gasteiger partial charge in [0.2, 0.25) is 11.9 Å². The van der Waals surface area contributed by atoms with E-state index in [9.17, 15) is 0 Å². The second kappa shape index (κ2) is 5.07. The van der Waals surface area contributed by atoms with Crippen molar-refractivity contribution in [3.63, 3.8) is 0 Å². The van der Waals surface area contributed by atoms with Gasteiger partial charge in [0.25, 0.3) is 0 Å². The molecule has 0 saturated heterocycles. The molecule has 5 nitrogen and oxygen atoms in total. The Labute approximate surface area is 119 Å². The number of nitrogens with one attached hydrogen (secondary N) is 1. The van der Waals surface area contributed by atoms with Gasteiger partial charge in [0.05, 0.1) is 0 Å². The summed E-state index contributed by atoms with van der Waals surface area (Å²) >= 11 is 0. The Bertz CT molecular complexity index is 593. The van der Waals surface area contributed by atoms with Gasteiger partial charge in [-0.25, -0.2) is 9.97 Å². The van der Waals surface area contributed by atoms with Crippen LogP contribution in [0.1, 0.15) is 27.2 Å². The summed E-state index contributed by atoms with van der Waals surface area (Å²) in [6, 6.07) is 8.61. The lowest BCUT2D eigenvalue weighted by molar-refractivity contribution is 0.509. The third-order valence-corrected chi connectivity index (χ3v) is 3.43. The van der Waals surface area contributed by atoms with Gasteiger partial charge in [-0.1, -0.05) is 13.8 Å². The van der Waals surface area contributed by atoms with Crippen LogP contribution < -0.4 is 10.2 Å². The number of nitrogens with zero attached hydrogens (tertiary/aromatic N) is 4. The molecule has 4 bridgehead atoms. The molecule has 2 aromatic rings. The molecule has 0 saturated carbocycles. The first-order valence-electron chi connectivity index (χ1n) is 6.99. The Kier molecular flexibility index (Phi) is 3.26. The topological polar surface area (TPSA) is 53.9 Å². The third kappa shape index (κ3) is 2.43. The van der Waals surface area contributed by atoms with Crippen LogP contribution >= 0.6 is 0 Å². The molecule has 0 radical (unpaired) electrons. The minimum atomic E-state index is 0.328. The van der Waals surface area contributed by atoms with Crippen molar-refractivity contribution in [3.05, 3.63) is 30.6 Å². The van der Waals surface area contributed by atoms with Crippen LogP contribution in [0, 0.1) is 5.92 Å². The van der Waals surface area contributed by atoms with Gasteiger partial charge in [0.15, 0.2) is 0 Å². The lowest BCUT2D eigenvalue weighted by Gasteiger charge is -2.30. The number of fused-ring (bicyclic) bond motifs is 2. The minimum Gasteiger partial charge on any atom is -0.324 e.